The fourth-order valence-corrected chi connectivity index (χ4v) is 4.16. The Morgan fingerprint density at radius 2 is 1.85 bits per heavy atom. The quantitative estimate of drug-likeness (QED) is 0.497. The van der Waals surface area contributed by atoms with Gasteiger partial charge in [-0.25, -0.2) is 4.79 Å². The number of anilines is 1. The Labute approximate surface area is 195 Å². The third-order valence-electron chi connectivity index (χ3n) is 5.51. The van der Waals surface area contributed by atoms with Gasteiger partial charge >= 0.3 is 6.03 Å². The van der Waals surface area contributed by atoms with Gasteiger partial charge in [0.05, 0.1) is 5.02 Å². The second kappa shape index (κ2) is 9.87. The van der Waals surface area contributed by atoms with E-state index in [0.717, 1.165) is 30.6 Å². The average Bonchev–Trinajstić information content (AvgIpc) is 3.31. The molecule has 0 unspecified atom stereocenters. The first kappa shape index (κ1) is 22.5. The molecule has 2 N–H and O–H groups in total. The zero-order valence-corrected chi connectivity index (χ0v) is 18.4. The second-order valence-corrected chi connectivity index (χ2v) is 8.23. The third kappa shape index (κ3) is 5.23. The monoisotopic (exact) mass is 467 g/mol. The first-order valence-electron chi connectivity index (χ1n) is 10.6. The minimum atomic E-state index is -0.742. The highest BCUT2D eigenvalue weighted by atomic mass is 35.5. The van der Waals surface area contributed by atoms with Crippen LogP contribution in [-0.2, 0) is 14.4 Å². The van der Waals surface area contributed by atoms with Crippen LogP contribution in [0.4, 0.5) is 10.5 Å². The molecule has 0 radical (unpaired) electrons. The van der Waals surface area contributed by atoms with Crippen molar-refractivity contribution in [1.82, 2.24) is 10.2 Å². The number of carbonyl (C=O) groups excluding carboxylic acids is 4. The maximum Gasteiger partial charge on any atom is 0.331 e. The zero-order chi connectivity index (χ0) is 23.4. The molecule has 0 atom stereocenters. The normalized spacial score (nSPS) is 17.9. The van der Waals surface area contributed by atoms with E-state index in [2.05, 4.69) is 10.6 Å². The Balaban J connectivity index is 1.44. The molecule has 2 aliphatic rings. The van der Waals surface area contributed by atoms with Gasteiger partial charge in [-0.15, -0.1) is 0 Å². The van der Waals surface area contributed by atoms with Gasteiger partial charge in [-0.2, -0.15) is 0 Å². The Bertz CT molecular complexity index is 1130. The molecule has 8 nitrogen and oxygen atoms in total. The molecular weight excluding hydrogens is 446 g/mol. The maximum atomic E-state index is 12.9. The number of para-hydroxylation sites is 1. The largest absolute Gasteiger partial charge is 0.482 e. The molecule has 1 saturated carbocycles. The number of ether oxygens (including phenoxy) is 1. The summed E-state index contributed by atoms with van der Waals surface area (Å²) in [4.78, 5) is 50.6. The van der Waals surface area contributed by atoms with Gasteiger partial charge < -0.3 is 10.1 Å². The molecule has 1 aliphatic carbocycles. The van der Waals surface area contributed by atoms with E-state index in [0.29, 0.717) is 11.3 Å². The number of urea groups is 1. The summed E-state index contributed by atoms with van der Waals surface area (Å²) < 4.78 is 5.49. The van der Waals surface area contributed by atoms with Gasteiger partial charge in [0.2, 0.25) is 0 Å². The van der Waals surface area contributed by atoms with E-state index in [1.807, 2.05) is 6.07 Å². The lowest BCUT2D eigenvalue weighted by Gasteiger charge is -2.31. The van der Waals surface area contributed by atoms with Crippen LogP contribution in [0.1, 0.15) is 31.2 Å². The van der Waals surface area contributed by atoms with Gasteiger partial charge in [0.15, 0.2) is 6.61 Å². The van der Waals surface area contributed by atoms with E-state index >= 15 is 0 Å². The fraction of sp³-hybridized carbons (Fsp3) is 0.250. The van der Waals surface area contributed by atoms with E-state index < -0.39 is 17.8 Å². The smallest absolute Gasteiger partial charge is 0.331 e. The molecule has 2 fully saturated rings. The van der Waals surface area contributed by atoms with Gasteiger partial charge in [0.1, 0.15) is 11.3 Å². The lowest BCUT2D eigenvalue weighted by molar-refractivity contribution is -0.131. The summed E-state index contributed by atoms with van der Waals surface area (Å²) in [7, 11) is 0. The predicted molar refractivity (Wildman–Crippen MR) is 123 cm³/mol. The highest BCUT2D eigenvalue weighted by molar-refractivity contribution is 6.33. The topological polar surface area (TPSA) is 105 Å². The maximum absolute atomic E-state index is 12.9. The number of imide groups is 2. The van der Waals surface area contributed by atoms with Crippen LogP contribution in [-0.4, -0.2) is 41.3 Å². The van der Waals surface area contributed by atoms with Crippen molar-refractivity contribution < 1.29 is 23.9 Å². The van der Waals surface area contributed by atoms with Crippen LogP contribution in [0.3, 0.4) is 0 Å². The lowest BCUT2D eigenvalue weighted by Crippen LogP contribution is -2.57. The Kier molecular flexibility index (Phi) is 6.74. The number of benzene rings is 2. The van der Waals surface area contributed by atoms with Gasteiger partial charge in [-0.05, 0) is 48.7 Å². The zero-order valence-electron chi connectivity index (χ0n) is 17.7. The molecule has 2 aromatic rings. The van der Waals surface area contributed by atoms with Gasteiger partial charge in [0.25, 0.3) is 17.7 Å². The van der Waals surface area contributed by atoms with Crippen LogP contribution in [0.5, 0.6) is 5.75 Å². The number of halogens is 1. The van der Waals surface area contributed by atoms with E-state index in [-0.39, 0.29) is 34.9 Å². The van der Waals surface area contributed by atoms with E-state index in [9.17, 15) is 19.2 Å². The molecule has 33 heavy (non-hydrogen) atoms. The SMILES string of the molecule is O=C(COc1ccc(/C=C2\C(=O)NC(=O)N(C3CCCC3)C2=O)cc1Cl)Nc1ccccc1. The first-order chi connectivity index (χ1) is 15.9. The van der Waals surface area contributed by atoms with E-state index in [4.69, 9.17) is 16.3 Å². The van der Waals surface area contributed by atoms with Gasteiger partial charge in [-0.3, -0.25) is 24.6 Å². The summed E-state index contributed by atoms with van der Waals surface area (Å²) in [6, 6.07) is 12.8. The van der Waals surface area contributed by atoms with Crippen molar-refractivity contribution in [3.8, 4) is 5.75 Å². The van der Waals surface area contributed by atoms with Crippen LogP contribution >= 0.6 is 11.6 Å². The number of hydrogen-bond acceptors (Lipinski definition) is 5. The standard InChI is InChI=1S/C24H22ClN3O5/c25-19-13-15(10-11-20(19)33-14-21(29)26-16-6-2-1-3-7-16)12-18-22(30)27-24(32)28(23(18)31)17-8-4-5-9-17/h1-3,6-7,10-13,17H,4-5,8-9,14H2,(H,26,29)(H,27,30,32)/b18-12+. The van der Waals surface area contributed by atoms with Gasteiger partial charge in [-0.1, -0.05) is 48.7 Å². The average molecular weight is 468 g/mol. The Hall–Kier alpha value is -3.65. The molecule has 0 spiro atoms. The Morgan fingerprint density at radius 3 is 2.55 bits per heavy atom. The lowest BCUT2D eigenvalue weighted by atomic mass is 10.1. The number of amides is 5. The first-order valence-corrected chi connectivity index (χ1v) is 11.0. The van der Waals surface area contributed by atoms with Crippen molar-refractivity contribution in [1.29, 1.82) is 0 Å². The van der Waals surface area contributed by atoms with Crippen molar-refractivity contribution in [3.63, 3.8) is 0 Å². The molecule has 9 heteroatoms. The molecule has 0 aromatic heterocycles. The summed E-state index contributed by atoms with van der Waals surface area (Å²) in [5, 5.41) is 5.16. The second-order valence-electron chi connectivity index (χ2n) is 7.82. The van der Waals surface area contributed by atoms with Crippen LogP contribution in [0, 0.1) is 0 Å². The number of carbonyl (C=O) groups is 4. The van der Waals surface area contributed by atoms with Crippen molar-refractivity contribution in [2.24, 2.45) is 0 Å². The fourth-order valence-electron chi connectivity index (χ4n) is 3.92. The minimum Gasteiger partial charge on any atom is -0.482 e. The molecule has 2 aromatic carbocycles. The van der Waals surface area contributed by atoms with Crippen LogP contribution in [0.15, 0.2) is 54.1 Å². The molecule has 1 aliphatic heterocycles. The molecule has 1 saturated heterocycles. The van der Waals surface area contributed by atoms with Crippen molar-refractivity contribution in [3.05, 3.63) is 64.7 Å². The highest BCUT2D eigenvalue weighted by Crippen LogP contribution is 2.29. The minimum absolute atomic E-state index is 0.131. The van der Waals surface area contributed by atoms with Gasteiger partial charge in [0, 0.05) is 11.7 Å². The van der Waals surface area contributed by atoms with Crippen LogP contribution < -0.4 is 15.4 Å². The number of nitrogens with zero attached hydrogens (tertiary/aromatic N) is 1. The van der Waals surface area contributed by atoms with Crippen molar-refractivity contribution in [2.75, 3.05) is 11.9 Å². The number of nitrogens with one attached hydrogen (secondary N) is 2. The predicted octanol–water partition coefficient (Wildman–Crippen LogP) is 3.76. The summed E-state index contributed by atoms with van der Waals surface area (Å²) in [5.74, 6) is -1.41. The summed E-state index contributed by atoms with van der Waals surface area (Å²) in [6.45, 7) is -0.242. The van der Waals surface area contributed by atoms with Crippen LogP contribution in [0.25, 0.3) is 6.08 Å². The Morgan fingerprint density at radius 1 is 1.12 bits per heavy atom. The van der Waals surface area contributed by atoms with Crippen molar-refractivity contribution in [2.45, 2.75) is 31.7 Å². The number of hydrogen-bond donors (Lipinski definition) is 2. The summed E-state index contributed by atoms with van der Waals surface area (Å²) >= 11 is 6.28. The van der Waals surface area contributed by atoms with E-state index in [1.165, 1.54) is 12.1 Å². The summed E-state index contributed by atoms with van der Waals surface area (Å²) in [5.41, 5.74) is 1.01. The molecule has 5 amide bonds. The number of rotatable bonds is 6. The number of barbiturate groups is 1. The van der Waals surface area contributed by atoms with Crippen molar-refractivity contribution >= 4 is 47.1 Å². The van der Waals surface area contributed by atoms with Crippen LogP contribution in [0.2, 0.25) is 5.02 Å². The third-order valence-corrected chi connectivity index (χ3v) is 5.80. The molecular formula is C24H22ClN3O5. The summed E-state index contributed by atoms with van der Waals surface area (Å²) in [6.07, 6.45) is 4.74. The van der Waals surface area contributed by atoms with E-state index in [1.54, 1.807) is 36.4 Å². The molecule has 170 valence electrons. The highest BCUT2D eigenvalue weighted by Gasteiger charge is 2.40. The molecule has 0 bridgehead atoms. The molecule has 4 rings (SSSR count). The molecule has 1 heterocycles.